The van der Waals surface area contributed by atoms with Crippen LogP contribution in [0.5, 0.6) is 5.75 Å². The second kappa shape index (κ2) is 11.8. The largest absolute Gasteiger partial charge is 0.494 e. The number of halogens is 1. The molecule has 1 atom stereocenters. The smallest absolute Gasteiger partial charge is 0.410 e. The Balaban J connectivity index is 1.64. The molecule has 0 aromatic heterocycles. The number of ether oxygens (including phenoxy) is 3. The molecule has 3 rings (SSSR count). The van der Waals surface area contributed by atoms with Crippen LogP contribution in [0.15, 0.2) is 48.5 Å². The second-order valence-corrected chi connectivity index (χ2v) is 9.35. The van der Waals surface area contributed by atoms with Gasteiger partial charge in [0.25, 0.3) is 0 Å². The molecule has 0 unspecified atom stereocenters. The number of piperazine rings is 1. The summed E-state index contributed by atoms with van der Waals surface area (Å²) < 4.78 is 30.6. The molecule has 0 aliphatic carbocycles. The lowest BCUT2D eigenvalue weighted by atomic mass is 10.1. The van der Waals surface area contributed by atoms with Crippen molar-refractivity contribution in [3.05, 3.63) is 59.9 Å². The number of carbonyl (C=O) groups is 2. The van der Waals surface area contributed by atoms with Gasteiger partial charge in [-0.15, -0.1) is 0 Å². The minimum atomic E-state index is -0.643. The van der Waals surface area contributed by atoms with Gasteiger partial charge in [0.1, 0.15) is 12.2 Å². The van der Waals surface area contributed by atoms with Crippen LogP contribution in [-0.2, 0) is 16.1 Å². The third kappa shape index (κ3) is 7.50. The first kappa shape index (κ1) is 26.1. The van der Waals surface area contributed by atoms with Crippen molar-refractivity contribution < 1.29 is 28.2 Å². The molecule has 1 heterocycles. The third-order valence-corrected chi connectivity index (χ3v) is 5.55. The van der Waals surface area contributed by atoms with Gasteiger partial charge in [0.15, 0.2) is 11.6 Å². The molecule has 190 valence electrons. The van der Waals surface area contributed by atoms with Crippen molar-refractivity contribution in [1.29, 1.82) is 0 Å². The fourth-order valence-electron chi connectivity index (χ4n) is 3.82. The summed E-state index contributed by atoms with van der Waals surface area (Å²) in [7, 11) is 1.41. The van der Waals surface area contributed by atoms with Crippen molar-refractivity contribution >= 4 is 17.9 Å². The number of carbonyl (C=O) groups excluding carboxylic acids is 2. The number of hydrogen-bond donors (Lipinski definition) is 1. The van der Waals surface area contributed by atoms with E-state index >= 15 is 0 Å². The summed E-state index contributed by atoms with van der Waals surface area (Å²) >= 11 is 0. The third-order valence-electron chi connectivity index (χ3n) is 5.55. The number of rotatable bonds is 7. The summed E-state index contributed by atoms with van der Waals surface area (Å²) in [5, 5.41) is 3.06. The van der Waals surface area contributed by atoms with E-state index in [-0.39, 0.29) is 24.9 Å². The summed E-state index contributed by atoms with van der Waals surface area (Å²) in [4.78, 5) is 28.8. The van der Waals surface area contributed by atoms with Crippen molar-refractivity contribution in [2.24, 2.45) is 0 Å². The van der Waals surface area contributed by atoms with Gasteiger partial charge in [-0.2, -0.15) is 0 Å². The van der Waals surface area contributed by atoms with Crippen LogP contribution >= 0.6 is 0 Å². The van der Waals surface area contributed by atoms with Crippen LogP contribution in [0, 0.1) is 5.82 Å². The normalized spacial score (nSPS) is 16.0. The predicted molar refractivity (Wildman–Crippen MR) is 131 cm³/mol. The van der Waals surface area contributed by atoms with Crippen molar-refractivity contribution in [3.63, 3.8) is 0 Å². The van der Waals surface area contributed by atoms with Gasteiger partial charge in [-0.1, -0.05) is 36.4 Å². The van der Waals surface area contributed by atoms with Crippen molar-refractivity contribution in [1.82, 2.24) is 9.80 Å². The Morgan fingerprint density at radius 2 is 1.80 bits per heavy atom. The molecule has 2 aromatic rings. The van der Waals surface area contributed by atoms with Gasteiger partial charge in [-0.3, -0.25) is 0 Å². The Morgan fingerprint density at radius 3 is 2.49 bits per heavy atom. The van der Waals surface area contributed by atoms with Crippen LogP contribution in [-0.4, -0.2) is 66.9 Å². The molecule has 1 aliphatic heterocycles. The number of nitrogens with zero attached hydrogens (tertiary/aromatic N) is 2. The zero-order chi connectivity index (χ0) is 25.4. The number of methoxy groups -OCH3 is 1. The number of amides is 2. The van der Waals surface area contributed by atoms with E-state index in [0.29, 0.717) is 31.7 Å². The van der Waals surface area contributed by atoms with E-state index in [2.05, 4.69) is 5.32 Å². The molecule has 0 radical (unpaired) electrons. The second-order valence-electron chi connectivity index (χ2n) is 9.35. The molecule has 9 heteroatoms. The topological polar surface area (TPSA) is 80.3 Å². The van der Waals surface area contributed by atoms with Crippen LogP contribution in [0.1, 0.15) is 32.8 Å². The van der Waals surface area contributed by atoms with Gasteiger partial charge < -0.3 is 29.3 Å². The molecule has 1 aliphatic rings. The van der Waals surface area contributed by atoms with Gasteiger partial charge in [-0.25, -0.2) is 14.0 Å². The van der Waals surface area contributed by atoms with E-state index < -0.39 is 23.6 Å². The van der Waals surface area contributed by atoms with E-state index in [1.165, 1.54) is 7.11 Å². The van der Waals surface area contributed by atoms with Crippen molar-refractivity contribution in [2.75, 3.05) is 38.6 Å². The predicted octanol–water partition coefficient (Wildman–Crippen LogP) is 4.89. The van der Waals surface area contributed by atoms with Crippen LogP contribution in [0.2, 0.25) is 0 Å². The lowest BCUT2D eigenvalue weighted by Crippen LogP contribution is -2.57. The van der Waals surface area contributed by atoms with E-state index in [1.807, 2.05) is 51.1 Å². The zero-order valence-electron chi connectivity index (χ0n) is 20.8. The van der Waals surface area contributed by atoms with E-state index in [9.17, 15) is 14.0 Å². The monoisotopic (exact) mass is 487 g/mol. The first-order valence-corrected chi connectivity index (χ1v) is 11.7. The number of hydrogen-bond acceptors (Lipinski definition) is 6. The maximum atomic E-state index is 14.5. The molecule has 8 nitrogen and oxygen atoms in total. The first-order valence-electron chi connectivity index (χ1n) is 11.7. The van der Waals surface area contributed by atoms with Gasteiger partial charge >= 0.3 is 12.2 Å². The fraction of sp³-hybridized carbons (Fsp3) is 0.462. The summed E-state index contributed by atoms with van der Waals surface area (Å²) in [6.45, 7) is 6.91. The minimum absolute atomic E-state index is 0.149. The van der Waals surface area contributed by atoms with Gasteiger partial charge in [0, 0.05) is 26.2 Å². The van der Waals surface area contributed by atoms with E-state index in [0.717, 1.165) is 5.56 Å². The lowest BCUT2D eigenvalue weighted by molar-refractivity contribution is -0.00387. The van der Waals surface area contributed by atoms with E-state index in [1.54, 1.807) is 28.0 Å². The number of nitrogens with one attached hydrogen (secondary N) is 1. The summed E-state index contributed by atoms with van der Waals surface area (Å²) in [6.07, 6.45) is -0.403. The Bertz CT molecular complexity index is 996. The molecule has 1 fully saturated rings. The SMILES string of the molecule is COc1cccc(NCC[C@@H]2CN(C(=O)OCc3ccccc3)CCN2C(=O)OC(C)(C)C)c1F. The van der Waals surface area contributed by atoms with Crippen LogP contribution in [0.4, 0.5) is 19.7 Å². The Labute approximate surface area is 205 Å². The molecule has 35 heavy (non-hydrogen) atoms. The van der Waals surface area contributed by atoms with Crippen LogP contribution in [0.3, 0.4) is 0 Å². The molecule has 1 N–H and O–H groups in total. The van der Waals surface area contributed by atoms with Crippen molar-refractivity contribution in [3.8, 4) is 5.75 Å². The van der Waals surface area contributed by atoms with Gasteiger partial charge in [0.05, 0.1) is 18.8 Å². The average Bonchev–Trinajstić information content (AvgIpc) is 2.83. The molecule has 0 bridgehead atoms. The molecule has 2 amide bonds. The Hall–Kier alpha value is -3.49. The van der Waals surface area contributed by atoms with E-state index in [4.69, 9.17) is 14.2 Å². The standard InChI is InChI=1S/C26H34FN3O5/c1-26(2,3)35-25(32)30-16-15-29(24(31)34-18-19-9-6-5-7-10-19)17-20(30)13-14-28-21-11-8-12-22(33-4)23(21)27/h5-12,20,28H,13-18H2,1-4H3/t20-/m1/s1. The molecule has 0 spiro atoms. The fourth-order valence-corrected chi connectivity index (χ4v) is 3.82. The summed E-state index contributed by atoms with van der Waals surface area (Å²) in [5.41, 5.74) is 0.562. The summed E-state index contributed by atoms with van der Waals surface area (Å²) in [6, 6.07) is 14.0. The average molecular weight is 488 g/mol. The quantitative estimate of drug-likeness (QED) is 0.599. The minimum Gasteiger partial charge on any atom is -0.494 e. The number of anilines is 1. The highest BCUT2D eigenvalue weighted by Gasteiger charge is 2.35. The zero-order valence-corrected chi connectivity index (χ0v) is 20.8. The lowest BCUT2D eigenvalue weighted by Gasteiger charge is -2.41. The molecule has 1 saturated heterocycles. The molecule has 2 aromatic carbocycles. The number of benzene rings is 2. The first-order chi connectivity index (χ1) is 16.7. The highest BCUT2D eigenvalue weighted by molar-refractivity contribution is 5.71. The maximum Gasteiger partial charge on any atom is 0.410 e. The highest BCUT2D eigenvalue weighted by atomic mass is 19.1. The molecule has 0 saturated carbocycles. The Morgan fingerprint density at radius 1 is 1.06 bits per heavy atom. The Kier molecular flexibility index (Phi) is 8.78. The summed E-state index contributed by atoms with van der Waals surface area (Å²) in [5.74, 6) is -0.329. The van der Waals surface area contributed by atoms with Crippen LogP contribution < -0.4 is 10.1 Å². The van der Waals surface area contributed by atoms with Gasteiger partial charge in [-0.05, 0) is 44.9 Å². The van der Waals surface area contributed by atoms with Crippen molar-refractivity contribution in [2.45, 2.75) is 45.4 Å². The molecular formula is C26H34FN3O5. The highest BCUT2D eigenvalue weighted by Crippen LogP contribution is 2.25. The van der Waals surface area contributed by atoms with Gasteiger partial charge in [0.2, 0.25) is 0 Å². The molecular weight excluding hydrogens is 453 g/mol. The van der Waals surface area contributed by atoms with Crippen LogP contribution in [0.25, 0.3) is 0 Å². The maximum absolute atomic E-state index is 14.5.